The number of aromatic nitrogens is 3. The first-order chi connectivity index (χ1) is 22.4. The Labute approximate surface area is 270 Å². The molecule has 0 aliphatic rings. The summed E-state index contributed by atoms with van der Waals surface area (Å²) in [5, 5.41) is 15.3. The molecule has 1 amide bonds. The second-order valence-corrected chi connectivity index (χ2v) is 11.7. The molecule has 4 aromatic carbocycles. The van der Waals surface area contributed by atoms with Crippen LogP contribution in [0, 0.1) is 5.92 Å². The number of hydrogen-bond donors (Lipinski definition) is 2. The molecule has 2 N–H and O–H groups in total. The Morgan fingerprint density at radius 3 is 1.78 bits per heavy atom. The number of amides is 1. The molecule has 2 aromatic heterocycles. The first-order valence-corrected chi connectivity index (χ1v) is 15.7. The lowest BCUT2D eigenvalue weighted by Gasteiger charge is -2.37. The highest BCUT2D eigenvalue weighted by Gasteiger charge is 2.42. The molecule has 0 radical (unpaired) electrons. The number of imidazole rings is 1. The highest BCUT2D eigenvalue weighted by molar-refractivity contribution is 5.92. The summed E-state index contributed by atoms with van der Waals surface area (Å²) in [7, 11) is 0. The summed E-state index contributed by atoms with van der Waals surface area (Å²) in [4.78, 5) is 21.9. The fourth-order valence-corrected chi connectivity index (χ4v) is 6.33. The van der Waals surface area contributed by atoms with Gasteiger partial charge in [-0.25, -0.2) is 9.97 Å². The summed E-state index contributed by atoms with van der Waals surface area (Å²) >= 11 is 0. The molecular formula is C40H38N4O2. The van der Waals surface area contributed by atoms with Crippen LogP contribution in [-0.4, -0.2) is 32.1 Å². The van der Waals surface area contributed by atoms with Gasteiger partial charge in [-0.3, -0.25) is 4.79 Å². The lowest BCUT2D eigenvalue weighted by molar-refractivity contribution is 0.0278. The Kier molecular flexibility index (Phi) is 8.64. The van der Waals surface area contributed by atoms with Crippen LogP contribution >= 0.6 is 0 Å². The molecule has 6 aromatic rings. The van der Waals surface area contributed by atoms with Crippen LogP contribution in [0.15, 0.2) is 146 Å². The lowest BCUT2D eigenvalue weighted by atomic mass is 9.76. The van der Waals surface area contributed by atoms with E-state index in [1.807, 2.05) is 87.9 Å². The number of nitrogens with zero attached hydrogens (tertiary/aromatic N) is 3. The topological polar surface area (TPSA) is 80.0 Å². The molecule has 0 fully saturated rings. The van der Waals surface area contributed by atoms with Crippen molar-refractivity contribution in [2.24, 2.45) is 5.92 Å². The first-order valence-electron chi connectivity index (χ1n) is 15.7. The lowest BCUT2D eigenvalue weighted by Crippen LogP contribution is -2.37. The van der Waals surface area contributed by atoms with E-state index in [1.54, 1.807) is 6.07 Å². The van der Waals surface area contributed by atoms with Gasteiger partial charge in [0.05, 0.1) is 17.7 Å². The largest absolute Gasteiger partial charge is 0.378 e. The number of benzene rings is 4. The number of rotatable bonds is 10. The fourth-order valence-electron chi connectivity index (χ4n) is 6.33. The molecule has 0 aliphatic heterocycles. The molecule has 2 heterocycles. The summed E-state index contributed by atoms with van der Waals surface area (Å²) in [5.74, 6) is -0.399. The number of carbonyl (C=O) groups excluding carboxylic acids is 1. The van der Waals surface area contributed by atoms with E-state index in [0.29, 0.717) is 23.6 Å². The van der Waals surface area contributed by atoms with Crippen molar-refractivity contribution in [1.82, 2.24) is 19.9 Å². The summed E-state index contributed by atoms with van der Waals surface area (Å²) in [6, 6.07) is 44.4. The number of nitrogens with one attached hydrogen (secondary N) is 1. The molecule has 0 bridgehead atoms. The van der Waals surface area contributed by atoms with Crippen molar-refractivity contribution in [3.05, 3.63) is 180 Å². The van der Waals surface area contributed by atoms with E-state index in [1.165, 1.54) is 0 Å². The minimum Gasteiger partial charge on any atom is -0.378 e. The normalized spacial score (nSPS) is 12.9. The van der Waals surface area contributed by atoms with Gasteiger partial charge in [-0.2, -0.15) is 0 Å². The minimum absolute atomic E-state index is 0.194. The average Bonchev–Trinajstić information content (AvgIpc) is 3.61. The maximum Gasteiger partial charge on any atom is 0.269 e. The molecule has 1 unspecified atom stereocenters. The maximum absolute atomic E-state index is 12.5. The van der Waals surface area contributed by atoms with Crippen LogP contribution in [0.3, 0.4) is 0 Å². The van der Waals surface area contributed by atoms with Crippen LogP contribution in [0.1, 0.15) is 59.2 Å². The monoisotopic (exact) mass is 606 g/mol. The second kappa shape index (κ2) is 13.0. The van der Waals surface area contributed by atoms with Gasteiger partial charge in [0.15, 0.2) is 0 Å². The summed E-state index contributed by atoms with van der Waals surface area (Å²) < 4.78 is 2.13. The Morgan fingerprint density at radius 2 is 1.28 bits per heavy atom. The van der Waals surface area contributed by atoms with Crippen LogP contribution in [0.4, 0.5) is 0 Å². The van der Waals surface area contributed by atoms with E-state index < -0.39 is 11.1 Å². The quantitative estimate of drug-likeness (QED) is 0.159. The summed E-state index contributed by atoms with van der Waals surface area (Å²) in [6.45, 7) is 6.42. The van der Waals surface area contributed by atoms with E-state index in [9.17, 15) is 9.90 Å². The minimum atomic E-state index is -1.38. The predicted molar refractivity (Wildman–Crippen MR) is 182 cm³/mol. The van der Waals surface area contributed by atoms with E-state index in [2.05, 4.69) is 87.7 Å². The third-order valence-electron chi connectivity index (χ3n) is 8.71. The van der Waals surface area contributed by atoms with Crippen LogP contribution in [-0.2, 0) is 11.1 Å². The van der Waals surface area contributed by atoms with Crippen LogP contribution in [0.2, 0.25) is 0 Å². The zero-order valence-electron chi connectivity index (χ0n) is 26.3. The summed E-state index contributed by atoms with van der Waals surface area (Å²) in [5.41, 5.74) is 4.30. The zero-order valence-corrected chi connectivity index (χ0v) is 26.3. The van der Waals surface area contributed by atoms with E-state index >= 15 is 0 Å². The molecule has 0 aliphatic carbocycles. The molecule has 6 rings (SSSR count). The second-order valence-electron chi connectivity index (χ2n) is 11.7. The van der Waals surface area contributed by atoms with Crippen molar-refractivity contribution >= 4 is 5.91 Å². The molecule has 6 heteroatoms. The standard InChI is InChI=1S/C40H38N4O2/c1-4-41-38(45)36-22-14-21-35(43-36)30-23-25-34(26-24-30)40(46,29(2)3)37-27-44(28-42-37)39(31-15-8-5-9-16-31,32-17-10-6-11-18-32)33-19-12-7-13-20-33/h5-29,46H,4H2,1-3H3,(H,41,45). The number of aliphatic hydroxyl groups is 1. The highest BCUT2D eigenvalue weighted by Crippen LogP contribution is 2.43. The zero-order chi connectivity index (χ0) is 32.1. The van der Waals surface area contributed by atoms with Crippen LogP contribution in [0.25, 0.3) is 11.3 Å². The van der Waals surface area contributed by atoms with Crippen molar-refractivity contribution < 1.29 is 9.90 Å². The van der Waals surface area contributed by atoms with Crippen molar-refractivity contribution in [2.75, 3.05) is 6.54 Å². The molecule has 46 heavy (non-hydrogen) atoms. The average molecular weight is 607 g/mol. The number of hydrogen-bond acceptors (Lipinski definition) is 4. The fraction of sp³-hybridized carbons (Fsp3) is 0.175. The third kappa shape index (κ3) is 5.41. The van der Waals surface area contributed by atoms with Gasteiger partial charge in [0, 0.05) is 18.3 Å². The van der Waals surface area contributed by atoms with Crippen molar-refractivity contribution in [2.45, 2.75) is 31.9 Å². The van der Waals surface area contributed by atoms with E-state index in [-0.39, 0.29) is 11.8 Å². The SMILES string of the molecule is CCNC(=O)c1cccc(-c2ccc(C(O)(c3cn(C(c4ccccc4)(c4ccccc4)c4ccccc4)cn3)C(C)C)cc2)n1. The van der Waals surface area contributed by atoms with Gasteiger partial charge in [0.25, 0.3) is 5.91 Å². The van der Waals surface area contributed by atoms with Crippen LogP contribution in [0.5, 0.6) is 0 Å². The van der Waals surface area contributed by atoms with Gasteiger partial charge >= 0.3 is 0 Å². The molecule has 230 valence electrons. The van der Waals surface area contributed by atoms with E-state index in [0.717, 1.165) is 27.8 Å². The maximum atomic E-state index is 12.5. The third-order valence-corrected chi connectivity index (χ3v) is 8.71. The Hall–Kier alpha value is -5.33. The predicted octanol–water partition coefficient (Wildman–Crippen LogP) is 7.43. The van der Waals surface area contributed by atoms with E-state index in [4.69, 9.17) is 4.98 Å². The van der Waals surface area contributed by atoms with Gasteiger partial charge in [-0.1, -0.05) is 135 Å². The highest BCUT2D eigenvalue weighted by atomic mass is 16.3. The molecule has 6 nitrogen and oxygen atoms in total. The Bertz CT molecular complexity index is 1810. The van der Waals surface area contributed by atoms with Crippen LogP contribution < -0.4 is 5.32 Å². The van der Waals surface area contributed by atoms with Gasteiger partial charge < -0.3 is 15.0 Å². The smallest absolute Gasteiger partial charge is 0.269 e. The molecule has 1 atom stereocenters. The summed E-state index contributed by atoms with van der Waals surface area (Å²) in [6.07, 6.45) is 3.82. The van der Waals surface area contributed by atoms with Crippen molar-refractivity contribution in [3.8, 4) is 11.3 Å². The van der Waals surface area contributed by atoms with Gasteiger partial charge in [0.1, 0.15) is 16.8 Å². The van der Waals surface area contributed by atoms with Gasteiger partial charge in [0.2, 0.25) is 0 Å². The molecule has 0 saturated carbocycles. The van der Waals surface area contributed by atoms with Gasteiger partial charge in [-0.05, 0) is 47.2 Å². The molecule has 0 saturated heterocycles. The Morgan fingerprint density at radius 1 is 0.739 bits per heavy atom. The Balaban J connectivity index is 1.46. The number of carbonyl (C=O) groups is 1. The van der Waals surface area contributed by atoms with Crippen molar-refractivity contribution in [1.29, 1.82) is 0 Å². The molecular weight excluding hydrogens is 568 g/mol. The molecule has 0 spiro atoms. The van der Waals surface area contributed by atoms with Crippen molar-refractivity contribution in [3.63, 3.8) is 0 Å². The number of pyridine rings is 1. The van der Waals surface area contributed by atoms with Gasteiger partial charge in [-0.15, -0.1) is 0 Å². The first kappa shape index (κ1) is 30.7.